The predicted molar refractivity (Wildman–Crippen MR) is 92.9 cm³/mol. The van der Waals surface area contributed by atoms with Crippen molar-refractivity contribution in [3.8, 4) is 0 Å². The number of carbonyl (C=O) groups is 1. The van der Waals surface area contributed by atoms with E-state index >= 15 is 0 Å². The third-order valence-corrected chi connectivity index (χ3v) is 4.73. The Labute approximate surface area is 148 Å². The molecule has 1 aliphatic rings. The second kappa shape index (κ2) is 7.80. The molecule has 2 aromatic heterocycles. The molecular weight excluding hydrogens is 318 g/mol. The number of aromatic nitrogens is 4. The maximum absolute atomic E-state index is 12.9. The van der Waals surface area contributed by atoms with E-state index in [2.05, 4.69) is 22.2 Å². The maximum Gasteiger partial charge on any atom is 0.249 e. The number of hydrogen-bond donors (Lipinski definition) is 0. The predicted octanol–water partition coefficient (Wildman–Crippen LogP) is 2.98. The van der Waals surface area contributed by atoms with Crippen LogP contribution in [0, 0.1) is 13.8 Å². The summed E-state index contributed by atoms with van der Waals surface area (Å²) in [6.45, 7) is 7.04. The lowest BCUT2D eigenvalue weighted by molar-refractivity contribution is -0.136. The first-order valence-corrected chi connectivity index (χ1v) is 9.21. The summed E-state index contributed by atoms with van der Waals surface area (Å²) < 4.78 is 7.25. The number of unbranched alkanes of at least 4 members (excludes halogenated alkanes) is 1. The molecule has 0 radical (unpaired) electrons. The van der Waals surface area contributed by atoms with Crippen molar-refractivity contribution in [1.29, 1.82) is 0 Å². The van der Waals surface area contributed by atoms with Crippen LogP contribution in [0.25, 0.3) is 0 Å². The molecule has 1 aliphatic heterocycles. The van der Waals surface area contributed by atoms with Crippen molar-refractivity contribution in [3.63, 3.8) is 0 Å². The van der Waals surface area contributed by atoms with Gasteiger partial charge in [-0.25, -0.2) is 0 Å². The molecule has 0 N–H and O–H groups in total. The number of aryl methyl sites for hydroxylation is 3. The zero-order chi connectivity index (χ0) is 17.8. The molecule has 0 spiro atoms. The van der Waals surface area contributed by atoms with Gasteiger partial charge < -0.3 is 9.42 Å². The number of carbonyl (C=O) groups excluding carboxylic acids is 1. The van der Waals surface area contributed by atoms with Gasteiger partial charge in [0.25, 0.3) is 0 Å². The summed E-state index contributed by atoms with van der Waals surface area (Å²) in [6.07, 6.45) is 5.92. The summed E-state index contributed by atoms with van der Waals surface area (Å²) in [5.74, 6) is 1.38. The van der Waals surface area contributed by atoms with Gasteiger partial charge in [0, 0.05) is 18.7 Å². The standard InChI is InChI=1S/C18H27N5O2/c1-4-5-9-16-19-18(25-21-16)15-8-6-7-10-22(15)17(24)12-23-14(3)11-13(2)20-23/h11,15H,4-10,12H2,1-3H3/t15-/m0/s1. The highest BCUT2D eigenvalue weighted by molar-refractivity contribution is 5.76. The largest absolute Gasteiger partial charge is 0.337 e. The molecule has 7 nitrogen and oxygen atoms in total. The van der Waals surface area contributed by atoms with Crippen LogP contribution in [0.15, 0.2) is 10.6 Å². The molecule has 3 rings (SSSR count). The van der Waals surface area contributed by atoms with Gasteiger partial charge in [-0.1, -0.05) is 18.5 Å². The molecule has 0 saturated carbocycles. The monoisotopic (exact) mass is 345 g/mol. The molecule has 1 saturated heterocycles. The smallest absolute Gasteiger partial charge is 0.249 e. The molecule has 1 atom stereocenters. The molecule has 25 heavy (non-hydrogen) atoms. The number of rotatable bonds is 6. The Hall–Kier alpha value is -2.18. The summed E-state index contributed by atoms with van der Waals surface area (Å²) in [4.78, 5) is 19.3. The topological polar surface area (TPSA) is 77.0 Å². The lowest BCUT2D eigenvalue weighted by Crippen LogP contribution is -2.40. The molecular formula is C18H27N5O2. The van der Waals surface area contributed by atoms with Crippen LogP contribution in [0.3, 0.4) is 0 Å². The van der Waals surface area contributed by atoms with Crippen LogP contribution in [0.4, 0.5) is 0 Å². The minimum Gasteiger partial charge on any atom is -0.337 e. The molecule has 7 heteroatoms. The molecule has 1 fully saturated rings. The zero-order valence-electron chi connectivity index (χ0n) is 15.4. The van der Waals surface area contributed by atoms with Crippen molar-refractivity contribution in [3.05, 3.63) is 29.2 Å². The Bertz CT molecular complexity index is 721. The van der Waals surface area contributed by atoms with Crippen LogP contribution in [-0.4, -0.2) is 37.3 Å². The third kappa shape index (κ3) is 4.08. The fourth-order valence-corrected chi connectivity index (χ4v) is 3.38. The fraction of sp³-hybridized carbons (Fsp3) is 0.667. The number of nitrogens with zero attached hydrogens (tertiary/aromatic N) is 5. The van der Waals surface area contributed by atoms with Gasteiger partial charge in [-0.2, -0.15) is 10.1 Å². The van der Waals surface area contributed by atoms with Crippen LogP contribution < -0.4 is 0 Å². The highest BCUT2D eigenvalue weighted by Gasteiger charge is 2.32. The van der Waals surface area contributed by atoms with Crippen molar-refractivity contribution in [2.45, 2.75) is 71.9 Å². The minimum atomic E-state index is -0.110. The van der Waals surface area contributed by atoms with E-state index in [9.17, 15) is 4.79 Å². The van der Waals surface area contributed by atoms with Crippen LogP contribution in [0.1, 0.15) is 68.2 Å². The van der Waals surface area contributed by atoms with Crippen molar-refractivity contribution in [2.24, 2.45) is 0 Å². The van der Waals surface area contributed by atoms with Crippen molar-refractivity contribution >= 4 is 5.91 Å². The summed E-state index contributed by atoms with van der Waals surface area (Å²) in [5, 5.41) is 8.48. The number of piperidine rings is 1. The van der Waals surface area contributed by atoms with Gasteiger partial charge in [-0.15, -0.1) is 0 Å². The Morgan fingerprint density at radius 3 is 2.92 bits per heavy atom. The van der Waals surface area contributed by atoms with E-state index in [1.54, 1.807) is 4.68 Å². The van der Waals surface area contributed by atoms with E-state index in [0.717, 1.165) is 62.3 Å². The summed E-state index contributed by atoms with van der Waals surface area (Å²) in [6, 6.07) is 1.87. The van der Waals surface area contributed by atoms with Gasteiger partial charge in [-0.3, -0.25) is 9.48 Å². The first-order valence-electron chi connectivity index (χ1n) is 9.21. The first-order chi connectivity index (χ1) is 12.1. The van der Waals surface area contributed by atoms with Crippen LogP contribution in [0.5, 0.6) is 0 Å². The maximum atomic E-state index is 12.9. The Kier molecular flexibility index (Phi) is 5.50. The minimum absolute atomic E-state index is 0.0595. The van der Waals surface area contributed by atoms with E-state index in [1.807, 2.05) is 24.8 Å². The number of hydrogen-bond acceptors (Lipinski definition) is 5. The molecule has 0 aromatic carbocycles. The number of amides is 1. The summed E-state index contributed by atoms with van der Waals surface area (Å²) >= 11 is 0. The Balaban J connectivity index is 1.72. The highest BCUT2D eigenvalue weighted by atomic mass is 16.5. The summed E-state index contributed by atoms with van der Waals surface area (Å²) in [5.41, 5.74) is 1.93. The molecule has 3 heterocycles. The Morgan fingerprint density at radius 2 is 2.20 bits per heavy atom. The van der Waals surface area contributed by atoms with Crippen molar-refractivity contribution in [1.82, 2.24) is 24.8 Å². The van der Waals surface area contributed by atoms with Crippen LogP contribution in [0.2, 0.25) is 0 Å². The SMILES string of the molecule is CCCCc1noc([C@@H]2CCCCN2C(=O)Cn2nc(C)cc2C)n1. The highest BCUT2D eigenvalue weighted by Crippen LogP contribution is 2.30. The Morgan fingerprint density at radius 1 is 1.36 bits per heavy atom. The lowest BCUT2D eigenvalue weighted by Gasteiger charge is -2.33. The second-order valence-corrected chi connectivity index (χ2v) is 6.84. The molecule has 0 unspecified atom stereocenters. The van der Waals surface area contributed by atoms with Crippen molar-refractivity contribution in [2.75, 3.05) is 6.54 Å². The lowest BCUT2D eigenvalue weighted by atomic mass is 10.0. The van der Waals surface area contributed by atoms with E-state index in [1.165, 1.54) is 0 Å². The fourth-order valence-electron chi connectivity index (χ4n) is 3.38. The van der Waals surface area contributed by atoms with Gasteiger partial charge in [0.05, 0.1) is 5.69 Å². The van der Waals surface area contributed by atoms with Gasteiger partial charge in [0.1, 0.15) is 12.6 Å². The number of likely N-dealkylation sites (tertiary alicyclic amines) is 1. The van der Waals surface area contributed by atoms with E-state index in [0.29, 0.717) is 5.89 Å². The van der Waals surface area contributed by atoms with Crippen LogP contribution in [-0.2, 0) is 17.8 Å². The summed E-state index contributed by atoms with van der Waals surface area (Å²) in [7, 11) is 0. The van der Waals surface area contributed by atoms with Gasteiger partial charge >= 0.3 is 0 Å². The van der Waals surface area contributed by atoms with E-state index in [-0.39, 0.29) is 18.5 Å². The molecule has 1 amide bonds. The van der Waals surface area contributed by atoms with Crippen molar-refractivity contribution < 1.29 is 9.32 Å². The molecule has 0 bridgehead atoms. The molecule has 136 valence electrons. The first kappa shape index (κ1) is 17.6. The van der Waals surface area contributed by atoms with E-state index in [4.69, 9.17) is 4.52 Å². The zero-order valence-corrected chi connectivity index (χ0v) is 15.4. The average molecular weight is 345 g/mol. The van der Waals surface area contributed by atoms with Gasteiger partial charge in [0.2, 0.25) is 11.8 Å². The third-order valence-electron chi connectivity index (χ3n) is 4.73. The van der Waals surface area contributed by atoms with Gasteiger partial charge in [0.15, 0.2) is 5.82 Å². The van der Waals surface area contributed by atoms with Crippen LogP contribution >= 0.6 is 0 Å². The normalized spacial score (nSPS) is 17.9. The second-order valence-electron chi connectivity index (χ2n) is 6.84. The average Bonchev–Trinajstić information content (AvgIpc) is 3.19. The quantitative estimate of drug-likeness (QED) is 0.804. The molecule has 2 aromatic rings. The molecule has 0 aliphatic carbocycles. The van der Waals surface area contributed by atoms with E-state index < -0.39 is 0 Å². The van der Waals surface area contributed by atoms with Gasteiger partial charge in [-0.05, 0) is 45.6 Å².